The molecule has 3 heterocycles. The van der Waals surface area contributed by atoms with Crippen molar-refractivity contribution in [3.05, 3.63) is 47.7 Å². The Bertz CT molecular complexity index is 1620. The molecule has 0 radical (unpaired) electrons. The van der Waals surface area contributed by atoms with E-state index in [1.165, 1.54) is 19.4 Å². The van der Waals surface area contributed by atoms with Crippen molar-refractivity contribution < 1.29 is 28.1 Å². The van der Waals surface area contributed by atoms with Crippen LogP contribution in [-0.2, 0) is 11.2 Å². The lowest BCUT2D eigenvalue weighted by molar-refractivity contribution is 0.0131. The summed E-state index contributed by atoms with van der Waals surface area (Å²) < 4.78 is 48.0. The fraction of sp³-hybridized carbons (Fsp3) is 0.452. The largest absolute Gasteiger partial charge is 0.493 e. The number of nitrogens with zero attached hydrogens (tertiary/aromatic N) is 4. The molecule has 1 aliphatic carbocycles. The van der Waals surface area contributed by atoms with Gasteiger partial charge in [0, 0.05) is 30.3 Å². The van der Waals surface area contributed by atoms with Gasteiger partial charge in [-0.15, -0.1) is 0 Å². The number of halogens is 2. The topological polar surface area (TPSA) is 89.8 Å². The second kappa shape index (κ2) is 11.0. The molecule has 0 amide bonds. The van der Waals surface area contributed by atoms with Gasteiger partial charge in [0.25, 0.3) is 0 Å². The predicted octanol–water partition coefficient (Wildman–Crippen LogP) is 6.02. The number of aromatic hydroxyl groups is 1. The normalized spacial score (nSPS) is 21.0. The van der Waals surface area contributed by atoms with E-state index in [0.717, 1.165) is 38.6 Å². The van der Waals surface area contributed by atoms with E-state index in [0.29, 0.717) is 46.7 Å². The molecule has 6 rings (SSSR count). The fourth-order valence-corrected chi connectivity index (χ4v) is 6.89. The Balaban J connectivity index is 1.44. The zero-order valence-electron chi connectivity index (χ0n) is 23.5. The van der Waals surface area contributed by atoms with Crippen molar-refractivity contribution in [1.29, 1.82) is 0 Å². The van der Waals surface area contributed by atoms with Gasteiger partial charge in [-0.1, -0.05) is 19.4 Å². The van der Waals surface area contributed by atoms with E-state index in [-0.39, 0.29) is 40.6 Å². The summed E-state index contributed by atoms with van der Waals surface area (Å²) >= 11 is 0. The van der Waals surface area contributed by atoms with Gasteiger partial charge in [0.05, 0.1) is 12.0 Å². The highest BCUT2D eigenvalue weighted by atomic mass is 19.1. The SMILES string of the molecule is CCc1c(F)ccc2cc(OCOC)cc(-c3ncc4c(O)nc(OC[C@]56CCC[C@H]5N(C)CCC6)nc4c3F)c12. The molecule has 1 saturated carbocycles. The summed E-state index contributed by atoms with van der Waals surface area (Å²) in [5, 5.41) is 12.0. The number of fused-ring (bicyclic) bond motifs is 3. The van der Waals surface area contributed by atoms with Gasteiger partial charge in [-0.05, 0) is 80.2 Å². The van der Waals surface area contributed by atoms with Crippen molar-refractivity contribution >= 4 is 21.7 Å². The highest BCUT2D eigenvalue weighted by Crippen LogP contribution is 2.47. The predicted molar refractivity (Wildman–Crippen MR) is 151 cm³/mol. The van der Waals surface area contributed by atoms with E-state index in [4.69, 9.17) is 14.2 Å². The standard InChI is InChI=1S/C31H34F2N4O4/c1-4-20-23(32)9-8-18-13-19(41-17-39-3)14-21(25(18)20)27-26(33)28-22(15-34-27)29(38)36-30(35-28)40-16-31-10-5-7-24(31)37(2)12-6-11-31/h8-9,13-15,24H,4-7,10-12,16-17H2,1-3H3,(H,35,36,38)/t24-,31-/m1/s1. The van der Waals surface area contributed by atoms with Gasteiger partial charge in [-0.3, -0.25) is 4.98 Å². The van der Waals surface area contributed by atoms with Crippen LogP contribution in [0.25, 0.3) is 32.9 Å². The Kier molecular flexibility index (Phi) is 7.37. The third-order valence-corrected chi connectivity index (χ3v) is 8.80. The maximum Gasteiger partial charge on any atom is 0.320 e. The number of rotatable bonds is 8. The Hall–Kier alpha value is -3.63. The van der Waals surface area contributed by atoms with E-state index in [1.807, 2.05) is 6.92 Å². The van der Waals surface area contributed by atoms with Crippen LogP contribution in [0.1, 0.15) is 44.6 Å². The molecule has 10 heteroatoms. The van der Waals surface area contributed by atoms with Gasteiger partial charge < -0.3 is 24.2 Å². The first-order chi connectivity index (χ1) is 19.8. The van der Waals surface area contributed by atoms with Crippen LogP contribution in [0.5, 0.6) is 17.6 Å². The molecule has 0 spiro atoms. The maximum absolute atomic E-state index is 16.3. The molecule has 2 aromatic carbocycles. The number of ether oxygens (including phenoxy) is 3. The van der Waals surface area contributed by atoms with Crippen molar-refractivity contribution in [3.63, 3.8) is 0 Å². The van der Waals surface area contributed by atoms with Gasteiger partial charge in [0.15, 0.2) is 12.6 Å². The van der Waals surface area contributed by atoms with Crippen LogP contribution in [0, 0.1) is 17.0 Å². The number of methoxy groups -OCH3 is 1. The van der Waals surface area contributed by atoms with Crippen LogP contribution in [0.4, 0.5) is 8.78 Å². The van der Waals surface area contributed by atoms with E-state index in [9.17, 15) is 9.50 Å². The van der Waals surface area contributed by atoms with Gasteiger partial charge in [0.1, 0.15) is 22.8 Å². The molecule has 1 aliphatic heterocycles. The number of benzene rings is 2. The molecule has 1 saturated heterocycles. The highest BCUT2D eigenvalue weighted by molar-refractivity contribution is 6.01. The number of likely N-dealkylation sites (tertiary alicyclic amines) is 1. The summed E-state index contributed by atoms with van der Waals surface area (Å²) in [7, 11) is 3.66. The van der Waals surface area contributed by atoms with Gasteiger partial charge in [-0.2, -0.15) is 9.97 Å². The first-order valence-electron chi connectivity index (χ1n) is 14.1. The number of piperidine rings is 1. The zero-order valence-corrected chi connectivity index (χ0v) is 23.5. The summed E-state index contributed by atoms with van der Waals surface area (Å²) in [6, 6.07) is 6.74. The number of aryl methyl sites for hydroxylation is 1. The minimum Gasteiger partial charge on any atom is -0.493 e. The molecule has 2 aliphatic rings. The summed E-state index contributed by atoms with van der Waals surface area (Å²) in [4.78, 5) is 15.3. The molecular weight excluding hydrogens is 530 g/mol. The first-order valence-corrected chi connectivity index (χ1v) is 14.1. The number of pyridine rings is 1. The molecule has 0 bridgehead atoms. The minimum absolute atomic E-state index is 0.00886. The van der Waals surface area contributed by atoms with Crippen LogP contribution < -0.4 is 9.47 Å². The fourth-order valence-electron chi connectivity index (χ4n) is 6.89. The van der Waals surface area contributed by atoms with Crippen LogP contribution in [-0.4, -0.2) is 65.1 Å². The summed E-state index contributed by atoms with van der Waals surface area (Å²) in [5.41, 5.74) is 0.616. The lowest BCUT2D eigenvalue weighted by atomic mass is 9.76. The van der Waals surface area contributed by atoms with Crippen molar-refractivity contribution in [3.8, 4) is 28.9 Å². The average molecular weight is 565 g/mol. The van der Waals surface area contributed by atoms with Crippen LogP contribution >= 0.6 is 0 Å². The monoisotopic (exact) mass is 564 g/mol. The third-order valence-electron chi connectivity index (χ3n) is 8.80. The second-order valence-corrected chi connectivity index (χ2v) is 11.2. The second-order valence-electron chi connectivity index (χ2n) is 11.2. The van der Waals surface area contributed by atoms with Crippen molar-refractivity contribution in [2.75, 3.05) is 34.1 Å². The molecule has 2 aromatic heterocycles. The average Bonchev–Trinajstić information content (AvgIpc) is 3.41. The van der Waals surface area contributed by atoms with Crippen LogP contribution in [0.2, 0.25) is 0 Å². The number of aromatic nitrogens is 3. The lowest BCUT2D eigenvalue weighted by Crippen LogP contribution is -2.50. The summed E-state index contributed by atoms with van der Waals surface area (Å²) in [5.74, 6) is -1.15. The quantitative estimate of drug-likeness (QED) is 0.260. The Morgan fingerprint density at radius 3 is 2.76 bits per heavy atom. The van der Waals surface area contributed by atoms with E-state index < -0.39 is 11.7 Å². The molecule has 216 valence electrons. The maximum atomic E-state index is 16.3. The molecule has 4 aromatic rings. The van der Waals surface area contributed by atoms with Crippen LogP contribution in [0.15, 0.2) is 30.5 Å². The Morgan fingerprint density at radius 1 is 1.12 bits per heavy atom. The smallest absolute Gasteiger partial charge is 0.320 e. The highest BCUT2D eigenvalue weighted by Gasteiger charge is 2.47. The van der Waals surface area contributed by atoms with Crippen molar-refractivity contribution in [2.45, 2.75) is 51.5 Å². The van der Waals surface area contributed by atoms with E-state index in [1.54, 1.807) is 18.2 Å². The van der Waals surface area contributed by atoms with Gasteiger partial charge in [0.2, 0.25) is 5.88 Å². The molecular formula is C31H34F2N4O4. The molecule has 0 unspecified atom stereocenters. The number of hydrogen-bond acceptors (Lipinski definition) is 8. The van der Waals surface area contributed by atoms with Gasteiger partial charge >= 0.3 is 6.01 Å². The third kappa shape index (κ3) is 4.82. The lowest BCUT2D eigenvalue weighted by Gasteiger charge is -2.44. The Labute approximate surface area is 237 Å². The number of hydrogen-bond donors (Lipinski definition) is 1. The zero-order chi connectivity index (χ0) is 28.7. The van der Waals surface area contributed by atoms with Crippen molar-refractivity contribution in [1.82, 2.24) is 19.9 Å². The molecule has 2 fully saturated rings. The van der Waals surface area contributed by atoms with E-state index in [2.05, 4.69) is 26.9 Å². The molecule has 8 nitrogen and oxygen atoms in total. The van der Waals surface area contributed by atoms with Gasteiger partial charge in [-0.25, -0.2) is 8.78 Å². The van der Waals surface area contributed by atoms with Crippen LogP contribution in [0.3, 0.4) is 0 Å². The molecule has 41 heavy (non-hydrogen) atoms. The molecule has 1 N–H and O–H groups in total. The summed E-state index contributed by atoms with van der Waals surface area (Å²) in [6.07, 6.45) is 7.16. The molecule has 2 atom stereocenters. The Morgan fingerprint density at radius 2 is 1.95 bits per heavy atom. The van der Waals surface area contributed by atoms with Crippen molar-refractivity contribution in [2.24, 2.45) is 5.41 Å². The first kappa shape index (κ1) is 27.5. The van der Waals surface area contributed by atoms with E-state index >= 15 is 4.39 Å². The minimum atomic E-state index is -0.768. The summed E-state index contributed by atoms with van der Waals surface area (Å²) in [6.45, 7) is 3.29.